The van der Waals surface area contributed by atoms with E-state index in [2.05, 4.69) is 5.32 Å². The Hall–Kier alpha value is -3.08. The number of para-hydroxylation sites is 1. The van der Waals surface area contributed by atoms with Gasteiger partial charge in [0.2, 0.25) is 0 Å². The van der Waals surface area contributed by atoms with Gasteiger partial charge in [-0.15, -0.1) is 0 Å². The number of nitrogens with zero attached hydrogens (tertiary/aromatic N) is 1. The Labute approximate surface area is 126 Å². The van der Waals surface area contributed by atoms with Gasteiger partial charge in [0.05, 0.1) is 5.52 Å². The van der Waals surface area contributed by atoms with E-state index in [4.69, 9.17) is 0 Å². The highest BCUT2D eigenvalue weighted by Gasteiger charge is 2.19. The van der Waals surface area contributed by atoms with Crippen LogP contribution in [0, 0.1) is 6.92 Å². The van der Waals surface area contributed by atoms with Crippen molar-refractivity contribution >= 4 is 28.6 Å². The van der Waals surface area contributed by atoms with E-state index in [1.165, 1.54) is 10.6 Å². The molecule has 0 aliphatic carbocycles. The molecule has 0 saturated carbocycles. The molecule has 0 radical (unpaired) electrons. The summed E-state index contributed by atoms with van der Waals surface area (Å²) in [6.07, 6.45) is 0. The first-order chi connectivity index (χ1) is 10.6. The average Bonchev–Trinajstić information content (AvgIpc) is 2.89. The molecular weight excluding hydrogens is 280 g/mol. The van der Waals surface area contributed by atoms with Gasteiger partial charge in [0.1, 0.15) is 5.69 Å². The molecule has 0 unspecified atom stereocenters. The predicted molar refractivity (Wildman–Crippen MR) is 84.5 cm³/mol. The molecule has 5 heteroatoms. The van der Waals surface area contributed by atoms with Crippen LogP contribution in [0.1, 0.15) is 16.1 Å². The first-order valence-electron chi connectivity index (χ1n) is 6.78. The number of carboxylic acids is 1. The van der Waals surface area contributed by atoms with Gasteiger partial charge < -0.3 is 10.4 Å². The number of nitrogens with one attached hydrogen (secondary N) is 1. The minimum Gasteiger partial charge on any atom is -0.477 e. The lowest BCUT2D eigenvalue weighted by atomic mass is 10.2. The van der Waals surface area contributed by atoms with Gasteiger partial charge in [-0.25, -0.2) is 9.59 Å². The van der Waals surface area contributed by atoms with Crippen LogP contribution in [0.4, 0.5) is 10.5 Å². The number of anilines is 1. The SMILES string of the molecule is Cc1ccc(NC(=O)n2c(C(=O)O)cc3ccccc32)cc1. The lowest BCUT2D eigenvalue weighted by Gasteiger charge is -2.09. The highest BCUT2D eigenvalue weighted by molar-refractivity contribution is 6.05. The molecule has 3 aromatic rings. The zero-order chi connectivity index (χ0) is 15.7. The van der Waals surface area contributed by atoms with Gasteiger partial charge in [-0.2, -0.15) is 0 Å². The minimum absolute atomic E-state index is 0.0641. The normalized spacial score (nSPS) is 10.6. The van der Waals surface area contributed by atoms with Gasteiger partial charge in [0, 0.05) is 11.1 Å². The Morgan fingerprint density at radius 1 is 1.05 bits per heavy atom. The van der Waals surface area contributed by atoms with Crippen LogP contribution in [-0.2, 0) is 0 Å². The van der Waals surface area contributed by atoms with E-state index in [0.29, 0.717) is 16.6 Å². The van der Waals surface area contributed by atoms with Crippen molar-refractivity contribution < 1.29 is 14.7 Å². The first-order valence-corrected chi connectivity index (χ1v) is 6.78. The van der Waals surface area contributed by atoms with Crippen molar-refractivity contribution in [2.24, 2.45) is 0 Å². The molecule has 0 bridgehead atoms. The van der Waals surface area contributed by atoms with Crippen molar-refractivity contribution in [3.63, 3.8) is 0 Å². The number of rotatable bonds is 2. The smallest absolute Gasteiger partial charge is 0.353 e. The molecule has 5 nitrogen and oxygen atoms in total. The lowest BCUT2D eigenvalue weighted by Crippen LogP contribution is -2.23. The van der Waals surface area contributed by atoms with Crippen LogP contribution < -0.4 is 5.32 Å². The molecule has 0 spiro atoms. The van der Waals surface area contributed by atoms with Crippen LogP contribution >= 0.6 is 0 Å². The van der Waals surface area contributed by atoms with Crippen LogP contribution in [0.2, 0.25) is 0 Å². The first kappa shape index (κ1) is 13.9. The van der Waals surface area contributed by atoms with Crippen molar-refractivity contribution in [2.75, 3.05) is 5.32 Å². The second-order valence-electron chi connectivity index (χ2n) is 5.03. The molecule has 0 atom stereocenters. The standard InChI is InChI=1S/C17H14N2O3/c1-11-6-8-13(9-7-11)18-17(22)19-14-5-3-2-4-12(14)10-15(19)16(20)21/h2-10H,1H3,(H,18,22)(H,20,21). The van der Waals surface area contributed by atoms with Gasteiger partial charge in [-0.05, 0) is 31.2 Å². The number of carboxylic acid groups (broad SMARTS) is 1. The summed E-state index contributed by atoms with van der Waals surface area (Å²) in [6, 6.07) is 15.4. The van der Waals surface area contributed by atoms with Crippen LogP contribution in [-0.4, -0.2) is 21.7 Å². The van der Waals surface area contributed by atoms with E-state index >= 15 is 0 Å². The van der Waals surface area contributed by atoms with Crippen LogP contribution in [0.5, 0.6) is 0 Å². The van der Waals surface area contributed by atoms with E-state index in [1.54, 1.807) is 36.4 Å². The van der Waals surface area contributed by atoms with Gasteiger partial charge >= 0.3 is 12.0 Å². The second-order valence-corrected chi connectivity index (χ2v) is 5.03. The Kier molecular flexibility index (Phi) is 3.39. The third kappa shape index (κ3) is 2.44. The third-order valence-corrected chi connectivity index (χ3v) is 3.44. The van der Waals surface area contributed by atoms with E-state index in [1.807, 2.05) is 19.1 Å². The molecule has 0 aliphatic heterocycles. The molecule has 110 valence electrons. The number of fused-ring (bicyclic) bond motifs is 1. The highest BCUT2D eigenvalue weighted by atomic mass is 16.4. The Morgan fingerprint density at radius 2 is 1.73 bits per heavy atom. The molecule has 0 saturated heterocycles. The monoisotopic (exact) mass is 294 g/mol. The molecule has 3 rings (SSSR count). The fourth-order valence-electron chi connectivity index (χ4n) is 2.35. The average molecular weight is 294 g/mol. The van der Waals surface area contributed by atoms with Crippen LogP contribution in [0.15, 0.2) is 54.6 Å². The van der Waals surface area contributed by atoms with E-state index in [-0.39, 0.29) is 5.69 Å². The van der Waals surface area contributed by atoms with E-state index in [0.717, 1.165) is 5.56 Å². The van der Waals surface area contributed by atoms with Gasteiger partial charge in [0.25, 0.3) is 0 Å². The molecular formula is C17H14N2O3. The summed E-state index contributed by atoms with van der Waals surface area (Å²) in [5.41, 5.74) is 2.19. The van der Waals surface area contributed by atoms with Gasteiger partial charge in [-0.3, -0.25) is 4.57 Å². The summed E-state index contributed by atoms with van der Waals surface area (Å²) in [7, 11) is 0. The Bertz CT molecular complexity index is 863. The number of aromatic carboxylic acids is 1. The summed E-state index contributed by atoms with van der Waals surface area (Å²) < 4.78 is 1.18. The number of amides is 1. The van der Waals surface area contributed by atoms with E-state index in [9.17, 15) is 14.7 Å². The summed E-state index contributed by atoms with van der Waals surface area (Å²) in [5, 5.41) is 12.7. The van der Waals surface area contributed by atoms with Crippen molar-refractivity contribution in [1.29, 1.82) is 0 Å². The van der Waals surface area contributed by atoms with Crippen molar-refractivity contribution in [3.8, 4) is 0 Å². The van der Waals surface area contributed by atoms with Gasteiger partial charge in [-0.1, -0.05) is 35.9 Å². The lowest BCUT2D eigenvalue weighted by molar-refractivity contribution is 0.0687. The van der Waals surface area contributed by atoms with Crippen molar-refractivity contribution in [3.05, 3.63) is 65.9 Å². The summed E-state index contributed by atoms with van der Waals surface area (Å²) >= 11 is 0. The number of benzene rings is 2. The van der Waals surface area contributed by atoms with Crippen LogP contribution in [0.25, 0.3) is 10.9 Å². The summed E-state index contributed by atoms with van der Waals surface area (Å²) in [4.78, 5) is 23.9. The number of carbonyl (C=O) groups is 2. The van der Waals surface area contributed by atoms with Crippen molar-refractivity contribution in [2.45, 2.75) is 6.92 Å². The van der Waals surface area contributed by atoms with E-state index < -0.39 is 12.0 Å². The number of hydrogen-bond acceptors (Lipinski definition) is 2. The molecule has 1 amide bonds. The maximum atomic E-state index is 12.5. The number of hydrogen-bond donors (Lipinski definition) is 2. The minimum atomic E-state index is -1.14. The predicted octanol–water partition coefficient (Wildman–Crippen LogP) is 3.73. The number of carbonyl (C=O) groups excluding carboxylic acids is 1. The largest absolute Gasteiger partial charge is 0.477 e. The molecule has 22 heavy (non-hydrogen) atoms. The second kappa shape index (κ2) is 5.37. The summed E-state index contributed by atoms with van der Waals surface area (Å²) in [5.74, 6) is -1.14. The zero-order valence-electron chi connectivity index (χ0n) is 11.9. The van der Waals surface area contributed by atoms with Gasteiger partial charge in [0.15, 0.2) is 0 Å². The molecule has 2 aromatic carbocycles. The Morgan fingerprint density at radius 3 is 2.41 bits per heavy atom. The molecule has 0 fully saturated rings. The number of aromatic nitrogens is 1. The fourth-order valence-corrected chi connectivity index (χ4v) is 2.35. The fraction of sp³-hybridized carbons (Fsp3) is 0.0588. The van der Waals surface area contributed by atoms with Crippen molar-refractivity contribution in [1.82, 2.24) is 4.57 Å². The number of aryl methyl sites for hydroxylation is 1. The maximum Gasteiger partial charge on any atom is 0.353 e. The maximum absolute atomic E-state index is 12.5. The zero-order valence-corrected chi connectivity index (χ0v) is 11.9. The Balaban J connectivity index is 2.04. The topological polar surface area (TPSA) is 71.3 Å². The molecule has 2 N–H and O–H groups in total. The molecule has 1 heterocycles. The molecule has 0 aliphatic rings. The quantitative estimate of drug-likeness (QED) is 0.756. The molecule has 1 aromatic heterocycles. The highest BCUT2D eigenvalue weighted by Crippen LogP contribution is 2.20. The summed E-state index contributed by atoms with van der Waals surface area (Å²) in [6.45, 7) is 1.95. The van der Waals surface area contributed by atoms with Crippen LogP contribution in [0.3, 0.4) is 0 Å². The third-order valence-electron chi connectivity index (χ3n) is 3.44.